The van der Waals surface area contributed by atoms with E-state index in [4.69, 9.17) is 18.9 Å². The number of imide groups is 1. The highest BCUT2D eigenvalue weighted by Gasteiger charge is 2.68. The van der Waals surface area contributed by atoms with Crippen LogP contribution in [0.1, 0.15) is 20.8 Å². The number of hydrogen-bond acceptors (Lipinski definition) is 6. The fraction of sp³-hybridized carbons (Fsp3) is 0.833. The Morgan fingerprint density at radius 3 is 2.50 bits per heavy atom. The van der Waals surface area contributed by atoms with Gasteiger partial charge in [-0.25, -0.2) is 4.79 Å². The summed E-state index contributed by atoms with van der Waals surface area (Å²) in [6, 6.07) is -0.562. The van der Waals surface area contributed by atoms with Gasteiger partial charge in [-0.15, -0.1) is 0 Å². The second-order valence-electron chi connectivity index (χ2n) is 5.68. The van der Waals surface area contributed by atoms with Crippen molar-refractivity contribution in [2.24, 2.45) is 0 Å². The molecule has 3 rings (SSSR count). The first-order valence-electron chi connectivity index (χ1n) is 6.47. The van der Waals surface area contributed by atoms with Gasteiger partial charge in [0.25, 0.3) is 5.91 Å². The Hall–Kier alpha value is -1.22. The second-order valence-corrected chi connectivity index (χ2v) is 5.68. The fourth-order valence-corrected chi connectivity index (χ4v) is 3.12. The lowest BCUT2D eigenvalue weighted by Gasteiger charge is -2.45. The third-order valence-corrected chi connectivity index (χ3v) is 3.98. The van der Waals surface area contributed by atoms with Crippen molar-refractivity contribution in [3.8, 4) is 0 Å². The normalized spacial score (nSPS) is 46.2. The van der Waals surface area contributed by atoms with E-state index in [1.807, 2.05) is 0 Å². The number of methoxy groups -OCH3 is 1. The van der Waals surface area contributed by atoms with Crippen LogP contribution < -0.4 is 10.6 Å². The van der Waals surface area contributed by atoms with E-state index < -0.39 is 47.9 Å². The molecule has 0 aromatic carbocycles. The predicted molar refractivity (Wildman–Crippen MR) is 64.6 cm³/mol. The Morgan fingerprint density at radius 1 is 1.25 bits per heavy atom. The van der Waals surface area contributed by atoms with Gasteiger partial charge in [-0.3, -0.25) is 10.1 Å². The minimum Gasteiger partial charge on any atom is -0.353 e. The van der Waals surface area contributed by atoms with E-state index in [1.54, 1.807) is 20.8 Å². The van der Waals surface area contributed by atoms with Gasteiger partial charge in [0, 0.05) is 7.11 Å². The number of nitrogens with one attached hydrogen (secondary N) is 2. The summed E-state index contributed by atoms with van der Waals surface area (Å²) in [6.45, 7) is 5.18. The lowest BCUT2D eigenvalue weighted by Crippen LogP contribution is -2.72. The maximum Gasteiger partial charge on any atom is 0.322 e. The molecule has 0 aromatic rings. The molecule has 20 heavy (non-hydrogen) atoms. The van der Waals surface area contributed by atoms with E-state index in [1.165, 1.54) is 7.11 Å². The van der Waals surface area contributed by atoms with Crippen LogP contribution in [0, 0.1) is 0 Å². The Kier molecular flexibility index (Phi) is 2.85. The summed E-state index contributed by atoms with van der Waals surface area (Å²) >= 11 is 0. The lowest BCUT2D eigenvalue weighted by atomic mass is 9.81. The zero-order valence-electron chi connectivity index (χ0n) is 11.8. The van der Waals surface area contributed by atoms with Crippen molar-refractivity contribution in [2.45, 2.75) is 56.7 Å². The van der Waals surface area contributed by atoms with Crippen molar-refractivity contribution < 1.29 is 28.5 Å². The first-order valence-corrected chi connectivity index (χ1v) is 6.47. The Bertz CT molecular complexity index is 467. The standard InChI is InChI=1S/C12H18N2O6/c1-5-12(9(15)13-10(16)14-12)7-6(8(17-4)18-5)19-11(2,3)20-7/h5-8H,1-4H3,(H2,13,14,15,16)/t5-,6-,7+,8-,12-/m1/s1. The number of ether oxygens (including phenoxy) is 4. The molecule has 3 saturated heterocycles. The van der Waals surface area contributed by atoms with E-state index in [9.17, 15) is 9.59 Å². The molecule has 8 heteroatoms. The first-order chi connectivity index (χ1) is 9.30. The Morgan fingerprint density at radius 2 is 1.95 bits per heavy atom. The van der Waals surface area contributed by atoms with Gasteiger partial charge in [0.15, 0.2) is 17.6 Å². The monoisotopic (exact) mass is 286 g/mol. The summed E-state index contributed by atoms with van der Waals surface area (Å²) in [5.74, 6) is -1.36. The fourth-order valence-electron chi connectivity index (χ4n) is 3.12. The molecular formula is C12H18N2O6. The molecule has 5 atom stereocenters. The van der Waals surface area contributed by atoms with Gasteiger partial charge < -0.3 is 24.3 Å². The molecular weight excluding hydrogens is 268 g/mol. The maximum atomic E-state index is 12.3. The van der Waals surface area contributed by atoms with Crippen LogP contribution in [0.2, 0.25) is 0 Å². The molecule has 0 radical (unpaired) electrons. The molecule has 0 saturated carbocycles. The Balaban J connectivity index is 2.03. The van der Waals surface area contributed by atoms with E-state index in [0.717, 1.165) is 0 Å². The summed E-state index contributed by atoms with van der Waals surface area (Å²) in [4.78, 5) is 23.8. The quantitative estimate of drug-likeness (QED) is 0.630. The maximum absolute atomic E-state index is 12.3. The summed E-state index contributed by atoms with van der Waals surface area (Å²) in [7, 11) is 1.49. The van der Waals surface area contributed by atoms with Crippen molar-refractivity contribution in [3.05, 3.63) is 0 Å². The van der Waals surface area contributed by atoms with Crippen molar-refractivity contribution in [1.29, 1.82) is 0 Å². The van der Waals surface area contributed by atoms with E-state index in [0.29, 0.717) is 0 Å². The van der Waals surface area contributed by atoms with Gasteiger partial charge in [0.05, 0.1) is 6.10 Å². The number of fused-ring (bicyclic) bond motifs is 2. The van der Waals surface area contributed by atoms with Crippen LogP contribution in [-0.4, -0.2) is 55.0 Å². The van der Waals surface area contributed by atoms with E-state index in [-0.39, 0.29) is 0 Å². The smallest absolute Gasteiger partial charge is 0.322 e. The summed E-state index contributed by atoms with van der Waals surface area (Å²) in [5, 5.41) is 4.87. The average Bonchev–Trinajstić information content (AvgIpc) is 2.82. The highest BCUT2D eigenvalue weighted by atomic mass is 16.8. The van der Waals surface area contributed by atoms with Crippen molar-refractivity contribution in [2.75, 3.05) is 7.11 Å². The summed E-state index contributed by atoms with van der Waals surface area (Å²) in [5.41, 5.74) is -1.30. The van der Waals surface area contributed by atoms with Crippen LogP contribution >= 0.6 is 0 Å². The molecule has 0 aliphatic carbocycles. The number of carbonyl (C=O) groups is 2. The van der Waals surface area contributed by atoms with E-state index >= 15 is 0 Å². The van der Waals surface area contributed by atoms with Gasteiger partial charge in [0.1, 0.15) is 12.2 Å². The molecule has 112 valence electrons. The van der Waals surface area contributed by atoms with Gasteiger partial charge in [-0.05, 0) is 20.8 Å². The van der Waals surface area contributed by atoms with Gasteiger partial charge in [-0.2, -0.15) is 0 Å². The molecule has 0 unspecified atom stereocenters. The van der Waals surface area contributed by atoms with Gasteiger partial charge >= 0.3 is 6.03 Å². The number of carbonyl (C=O) groups excluding carboxylic acids is 2. The number of amides is 3. The molecule has 3 aliphatic heterocycles. The molecule has 2 N–H and O–H groups in total. The second kappa shape index (κ2) is 4.14. The molecule has 0 aromatic heterocycles. The largest absolute Gasteiger partial charge is 0.353 e. The van der Waals surface area contributed by atoms with Crippen molar-refractivity contribution >= 4 is 11.9 Å². The predicted octanol–water partition coefficient (Wildman–Crippen LogP) is -0.524. The Labute approximate surface area is 116 Å². The zero-order chi connectivity index (χ0) is 14.7. The lowest BCUT2D eigenvalue weighted by molar-refractivity contribution is -0.255. The van der Waals surface area contributed by atoms with Crippen molar-refractivity contribution in [1.82, 2.24) is 10.6 Å². The van der Waals surface area contributed by atoms with Crippen LogP contribution in [0.5, 0.6) is 0 Å². The SMILES string of the molecule is CO[C@@H]1O[C@H](C)[C@@]2(NC(=O)NC2=O)[C@H]2OC(C)(C)O[C@@H]12. The summed E-state index contributed by atoms with van der Waals surface area (Å²) < 4.78 is 22.6. The minimum atomic E-state index is -1.30. The van der Waals surface area contributed by atoms with Crippen LogP contribution in [0.4, 0.5) is 4.79 Å². The first kappa shape index (κ1) is 13.7. The molecule has 3 amide bonds. The number of urea groups is 1. The highest BCUT2D eigenvalue weighted by Crippen LogP contribution is 2.43. The van der Waals surface area contributed by atoms with Gasteiger partial charge in [-0.1, -0.05) is 0 Å². The zero-order valence-corrected chi connectivity index (χ0v) is 11.8. The summed E-state index contributed by atoms with van der Waals surface area (Å²) in [6.07, 6.45) is -2.56. The van der Waals surface area contributed by atoms with E-state index in [2.05, 4.69) is 10.6 Å². The van der Waals surface area contributed by atoms with Crippen LogP contribution in [0.25, 0.3) is 0 Å². The number of rotatable bonds is 1. The topological polar surface area (TPSA) is 95.1 Å². The third kappa shape index (κ3) is 1.69. The van der Waals surface area contributed by atoms with Gasteiger partial charge in [0.2, 0.25) is 0 Å². The molecule has 3 aliphatic rings. The minimum absolute atomic E-state index is 0.471. The average molecular weight is 286 g/mol. The highest BCUT2D eigenvalue weighted by molar-refractivity contribution is 6.08. The molecule has 8 nitrogen and oxygen atoms in total. The van der Waals surface area contributed by atoms with Crippen LogP contribution in [0.15, 0.2) is 0 Å². The molecule has 3 heterocycles. The van der Waals surface area contributed by atoms with Crippen molar-refractivity contribution in [3.63, 3.8) is 0 Å². The number of hydrogen-bond donors (Lipinski definition) is 2. The molecule has 3 fully saturated rings. The van der Waals surface area contributed by atoms with Crippen LogP contribution in [-0.2, 0) is 23.7 Å². The molecule has 0 bridgehead atoms. The third-order valence-electron chi connectivity index (χ3n) is 3.98. The molecule has 1 spiro atoms. The van der Waals surface area contributed by atoms with Crippen LogP contribution in [0.3, 0.4) is 0 Å².